The Morgan fingerprint density at radius 2 is 1.00 bits per heavy atom. The molecule has 2 fully saturated rings. The van der Waals surface area contributed by atoms with Gasteiger partial charge in [0.25, 0.3) is 31.9 Å². The highest BCUT2D eigenvalue weighted by Gasteiger charge is 2.31. The molecule has 4 heterocycles. The van der Waals surface area contributed by atoms with Crippen molar-refractivity contribution in [2.75, 3.05) is 53.5 Å². The zero-order valence-corrected chi connectivity index (χ0v) is 43.7. The number of benzene rings is 2. The Morgan fingerprint density at radius 3 is 1.46 bits per heavy atom. The van der Waals surface area contributed by atoms with E-state index in [-0.39, 0.29) is 24.9 Å². The van der Waals surface area contributed by atoms with Crippen LogP contribution in [0.25, 0.3) is 0 Å². The highest BCUT2D eigenvalue weighted by Crippen LogP contribution is 2.29. The maximum absolute atomic E-state index is 13.3. The molecule has 4 N–H and O–H groups in total. The summed E-state index contributed by atoms with van der Waals surface area (Å²) in [6, 6.07) is 21.5. The minimum Gasteiger partial charge on any atom is -0.497 e. The van der Waals surface area contributed by atoms with Crippen molar-refractivity contribution >= 4 is 54.5 Å². The second-order valence-corrected chi connectivity index (χ2v) is 24.0. The van der Waals surface area contributed by atoms with Gasteiger partial charge in [0.05, 0.1) is 27.3 Å². The number of amides is 2. The molecule has 0 saturated carbocycles. The lowest BCUT2D eigenvalue weighted by Crippen LogP contribution is -2.44. The Kier molecular flexibility index (Phi) is 23.2. The molecule has 0 aliphatic carbocycles. The van der Waals surface area contributed by atoms with Gasteiger partial charge in [0.2, 0.25) is 0 Å². The number of carbonyl (C=O) groups is 2. The van der Waals surface area contributed by atoms with E-state index in [4.69, 9.17) is 9.47 Å². The van der Waals surface area contributed by atoms with E-state index in [1.807, 2.05) is 0 Å². The number of piperidine rings is 1. The van der Waals surface area contributed by atoms with Crippen molar-refractivity contribution in [2.24, 2.45) is 0 Å². The zero-order valence-electron chi connectivity index (χ0n) is 40.4. The van der Waals surface area contributed by atoms with E-state index >= 15 is 0 Å². The van der Waals surface area contributed by atoms with Crippen molar-refractivity contribution in [3.8, 4) is 11.5 Å². The van der Waals surface area contributed by atoms with Crippen molar-refractivity contribution < 1.29 is 35.9 Å². The number of carbonyl (C=O) groups excluding carboxylic acids is 2. The van der Waals surface area contributed by atoms with Gasteiger partial charge >= 0.3 is 0 Å². The summed E-state index contributed by atoms with van der Waals surface area (Å²) in [5.41, 5.74) is 1.00. The number of nitrogens with zero attached hydrogens (tertiary/aromatic N) is 2. The van der Waals surface area contributed by atoms with E-state index in [1.54, 1.807) is 95.6 Å². The molecule has 14 nitrogen and oxygen atoms in total. The van der Waals surface area contributed by atoms with Crippen LogP contribution in [0.2, 0.25) is 0 Å². The van der Waals surface area contributed by atoms with Crippen molar-refractivity contribution in [3.63, 3.8) is 0 Å². The summed E-state index contributed by atoms with van der Waals surface area (Å²) in [7, 11) is -3.92. The molecule has 2 aliphatic heterocycles. The minimum atomic E-state index is -3.53. The molecule has 1 unspecified atom stereocenters. The number of thiophene rings is 2. The molecule has 2 aromatic heterocycles. The van der Waals surface area contributed by atoms with E-state index in [0.717, 1.165) is 54.9 Å². The number of rotatable bonds is 25. The van der Waals surface area contributed by atoms with Gasteiger partial charge < -0.3 is 30.7 Å². The number of nitrogens with one attached hydrogen (secondary N) is 4. The van der Waals surface area contributed by atoms with Crippen molar-refractivity contribution in [1.29, 1.82) is 0 Å². The lowest BCUT2D eigenvalue weighted by molar-refractivity contribution is 0.0943. The highest BCUT2D eigenvalue weighted by atomic mass is 32.3. The fraction of sp³-hybridized carbons (Fsp3) is 0.560. The zero-order chi connectivity index (χ0) is 48.8. The first-order chi connectivity index (χ1) is 32.9. The molecule has 18 heteroatoms. The molecular formula is C50H74N6O8S4. The third kappa shape index (κ3) is 17.2. The van der Waals surface area contributed by atoms with Crippen molar-refractivity contribution in [2.45, 2.75) is 137 Å². The average molecular weight is 1020 g/mol. The molecule has 0 radical (unpaired) electrons. The monoisotopic (exact) mass is 1010 g/mol. The molecule has 2 aromatic carbocycles. The topological polar surface area (TPSA) is 175 Å². The largest absolute Gasteiger partial charge is 0.497 e. The molecule has 6 rings (SSSR count). The predicted octanol–water partition coefficient (Wildman–Crippen LogP) is 8.80. The van der Waals surface area contributed by atoms with Crippen LogP contribution in [0.1, 0.15) is 134 Å². The van der Waals surface area contributed by atoms with Gasteiger partial charge in [-0.2, -0.15) is 8.61 Å². The fourth-order valence-corrected chi connectivity index (χ4v) is 14.1. The lowest BCUT2D eigenvalue weighted by Gasteiger charge is -2.31. The summed E-state index contributed by atoms with van der Waals surface area (Å²) in [5, 5.41) is 12.9. The second kappa shape index (κ2) is 28.7. The van der Waals surface area contributed by atoms with Crippen molar-refractivity contribution in [1.82, 2.24) is 29.9 Å². The Balaban J connectivity index is 0.000000255. The van der Waals surface area contributed by atoms with Gasteiger partial charge in [-0.15, -0.1) is 22.7 Å². The van der Waals surface area contributed by atoms with E-state index in [2.05, 4.69) is 35.1 Å². The number of ether oxygens (including phenoxy) is 2. The third-order valence-corrected chi connectivity index (χ3v) is 19.2. The van der Waals surface area contributed by atoms with Crippen LogP contribution in [-0.4, -0.2) is 103 Å². The quantitative estimate of drug-likeness (QED) is 0.0470. The smallest absolute Gasteiger partial charge is 0.252 e. The van der Waals surface area contributed by atoms with Crippen LogP contribution < -0.4 is 30.7 Å². The number of unbranched alkanes of at least 4 members (excludes halogenated alkanes) is 7. The summed E-state index contributed by atoms with van der Waals surface area (Å²) in [6.45, 7) is 9.17. The fourth-order valence-electron chi connectivity index (χ4n) is 8.21. The Labute approximate surface area is 414 Å². The Morgan fingerprint density at radius 1 is 0.574 bits per heavy atom. The second-order valence-electron chi connectivity index (χ2n) is 17.4. The van der Waals surface area contributed by atoms with E-state index in [9.17, 15) is 26.4 Å². The summed E-state index contributed by atoms with van der Waals surface area (Å²) < 4.78 is 66.9. The number of methoxy groups -OCH3 is 2. The van der Waals surface area contributed by atoms with E-state index in [1.165, 1.54) is 80.5 Å². The molecule has 1 atom stereocenters. The first-order valence-electron chi connectivity index (χ1n) is 24.4. The standard InChI is InChI=1S/C26H39N3O4S2.C24H35N3O4S2/c1-3-4-5-6-7-16-27-22-11-9-17-29(18-15-22)35(31,32)25-14-13-24(34-25)20-28-26(30)21-10-8-12-23(19-21)33-2;1-3-4-5-6-14-25-20-12-15-27(16-13-20)33(29,30)23-11-10-22(32-23)18-26-24(28)19-8-7-9-21(17-19)31-2/h8,10,12-14,19,22,27H,3-7,9,11,15-18,20H2,1-2H3,(H,28,30);7-11,17,20,25H,3-6,12-16,18H2,1-2H3,(H,26,28). The first-order valence-corrected chi connectivity index (χ1v) is 28.9. The molecule has 2 aliphatic rings. The van der Waals surface area contributed by atoms with Gasteiger partial charge in [-0.05, 0) is 119 Å². The lowest BCUT2D eigenvalue weighted by atomic mass is 10.1. The number of hydrogen-bond donors (Lipinski definition) is 4. The summed E-state index contributed by atoms with van der Waals surface area (Å²) in [4.78, 5) is 26.5. The molecule has 0 spiro atoms. The van der Waals surface area contributed by atoms with Gasteiger partial charge in [-0.25, -0.2) is 16.8 Å². The molecule has 2 amide bonds. The molecule has 2 saturated heterocycles. The Hall–Kier alpha value is -3.88. The minimum absolute atomic E-state index is 0.224. The van der Waals surface area contributed by atoms with Crippen LogP contribution in [0.3, 0.4) is 0 Å². The molecule has 376 valence electrons. The number of hydrogen-bond acceptors (Lipinski definition) is 12. The van der Waals surface area contributed by atoms with Crippen LogP contribution in [0.15, 0.2) is 81.2 Å². The van der Waals surface area contributed by atoms with Crippen LogP contribution in [0, 0.1) is 0 Å². The van der Waals surface area contributed by atoms with Crippen LogP contribution in [-0.2, 0) is 33.1 Å². The maximum Gasteiger partial charge on any atom is 0.252 e. The van der Waals surface area contributed by atoms with Gasteiger partial charge in [-0.3, -0.25) is 9.59 Å². The molecule has 4 aromatic rings. The maximum atomic E-state index is 13.3. The molecule has 0 bridgehead atoms. The third-order valence-electron chi connectivity index (χ3n) is 12.3. The van der Waals surface area contributed by atoms with Crippen LogP contribution in [0.4, 0.5) is 0 Å². The van der Waals surface area contributed by atoms with Gasteiger partial charge in [0, 0.05) is 59.1 Å². The van der Waals surface area contributed by atoms with E-state index in [0.29, 0.717) is 69.3 Å². The van der Waals surface area contributed by atoms with Crippen molar-refractivity contribution in [3.05, 3.63) is 93.7 Å². The SMILES string of the molecule is CCCCCCCNC1CCCN(S(=O)(=O)c2ccc(CNC(=O)c3cccc(OC)c3)s2)CC1.CCCCCCNC1CCN(S(=O)(=O)c2ccc(CNC(=O)c3cccc(OC)c3)s2)CC1. The Bertz CT molecular complexity index is 2360. The van der Waals surface area contributed by atoms with Gasteiger partial charge in [0.1, 0.15) is 19.9 Å². The van der Waals surface area contributed by atoms with E-state index < -0.39 is 20.0 Å². The van der Waals surface area contributed by atoms with Crippen LogP contribution >= 0.6 is 22.7 Å². The summed E-state index contributed by atoms with van der Waals surface area (Å²) >= 11 is 2.44. The first kappa shape index (κ1) is 55.1. The summed E-state index contributed by atoms with van der Waals surface area (Å²) in [6.07, 6.45) is 15.6. The molecule has 68 heavy (non-hydrogen) atoms. The van der Waals surface area contributed by atoms with Crippen LogP contribution in [0.5, 0.6) is 11.5 Å². The average Bonchev–Trinajstić information content (AvgIpc) is 4.00. The number of sulfonamides is 2. The molecular weight excluding hydrogens is 941 g/mol. The van der Waals surface area contributed by atoms with Gasteiger partial charge in [0.15, 0.2) is 0 Å². The summed E-state index contributed by atoms with van der Waals surface area (Å²) in [5.74, 6) is 0.778. The highest BCUT2D eigenvalue weighted by molar-refractivity contribution is 7.91. The van der Waals surface area contributed by atoms with Gasteiger partial charge in [-0.1, -0.05) is 70.9 Å². The predicted molar refractivity (Wildman–Crippen MR) is 274 cm³/mol. The normalized spacial score (nSPS) is 16.3.